The van der Waals surface area contributed by atoms with Gasteiger partial charge in [0, 0.05) is 115 Å². The average molecular weight is 1880 g/mol. The van der Waals surface area contributed by atoms with Crippen molar-refractivity contribution in [1.29, 1.82) is 0 Å². The minimum atomic E-state index is -0.473. The van der Waals surface area contributed by atoms with Gasteiger partial charge in [-0.2, -0.15) is 0 Å². The summed E-state index contributed by atoms with van der Waals surface area (Å²) in [6.45, 7) is 19.5. The van der Waals surface area contributed by atoms with E-state index < -0.39 is 29.8 Å². The van der Waals surface area contributed by atoms with Crippen LogP contribution in [-0.4, -0.2) is 43.1 Å². The second kappa shape index (κ2) is 52.2. The first-order valence-corrected chi connectivity index (χ1v) is 46.3. The van der Waals surface area contributed by atoms with Crippen LogP contribution < -0.4 is 43.4 Å². The molecule has 0 saturated heterocycles. The first kappa shape index (κ1) is 99.8. The normalized spacial score (nSPS) is 10.2. The van der Waals surface area contributed by atoms with Gasteiger partial charge >= 0.3 is 29.8 Å². The Labute approximate surface area is 835 Å². The molecule has 0 aliphatic heterocycles. The molecule has 0 aliphatic rings. The molecular weight excluding hydrogens is 1770 g/mol. The maximum absolute atomic E-state index is 11.4. The summed E-state index contributed by atoms with van der Waals surface area (Å²) >= 11 is 0. The van der Waals surface area contributed by atoms with Gasteiger partial charge < -0.3 is 52.9 Å². The highest BCUT2D eigenvalue weighted by Gasteiger charge is 2.20. The molecule has 0 aliphatic carbocycles. The maximum Gasteiger partial charge on any atom is 0.335 e. The minimum Gasteiger partial charge on any atom is -0.490 e. The monoisotopic (exact) mass is 1880 g/mol. The first-order chi connectivity index (χ1) is 70.1. The standard InChI is InChI=1S/C30H27NO3.2C27H21NO2.C22H19NO2.C21H17NO2/c1-23(2)30(32)34-22-21-33-29-19-15-25(16-20-29)24-13-17-28(18-14-24)31(26-9-5-3-6-10-26)27-11-7-4-8-12-27;1-2-27(29)30-26-19-15-22(16-20-26)21-13-17-25(18-14-21)28(23-9-5-3-6-10-23)24-11-7-4-8-12-24;1-2-27(29)30-26-19-17-25(18-20-26)28(23-11-7-4-8-12-23)24-15-13-22(14-16-24)21-9-5-3-6-10-21;1-2-22(24)25-17-18-13-15-21(16-14-18)23(19-9-5-3-6-10-19)20-11-7-4-8-12-20;1-2-21(23)24-20-15-13-19(14-16-20)22(17-9-5-3-6-10-17)18-11-7-4-8-12-18/h3-20H,1,21-22H2,2H3;2*2-20H,1H2;2-16H,1,17H2;2-16H,1H2. The SMILES string of the molecule is C=C(C)C(=O)OCCOc1ccc(-c2ccc(N(c3ccccc3)c3ccccc3)cc2)cc1.C=CC(=O)OCc1ccc(N(c2ccccc2)c2ccccc2)cc1.C=CC(=O)Oc1ccc(-c2ccc(N(c3ccccc3)c3ccccc3)cc2)cc1.C=CC(=O)Oc1ccc(N(c2ccccc2)c2ccc(-c3ccccc3)cc2)cc1.C=CC(=O)Oc1ccc(N(c2ccccc2)c2ccccc2)cc1. The van der Waals surface area contributed by atoms with E-state index in [1.165, 1.54) is 17.2 Å². The Morgan fingerprint density at radius 2 is 0.392 bits per heavy atom. The predicted octanol–water partition coefficient (Wildman–Crippen LogP) is 31.8. The third-order valence-corrected chi connectivity index (χ3v) is 22.0. The predicted molar refractivity (Wildman–Crippen MR) is 581 cm³/mol. The highest BCUT2D eigenvalue weighted by molar-refractivity contribution is 5.89. The molecule has 0 atom stereocenters. The lowest BCUT2D eigenvalue weighted by atomic mass is 10.0. The number of hydrogen-bond acceptors (Lipinski definition) is 16. The Bertz CT molecular complexity index is 6940. The van der Waals surface area contributed by atoms with E-state index in [0.717, 1.165) is 137 Å². The summed E-state index contributed by atoms with van der Waals surface area (Å²) in [4.78, 5) is 67.6. The zero-order chi connectivity index (χ0) is 99.5. The Hall–Kier alpha value is -19.2. The van der Waals surface area contributed by atoms with E-state index in [0.29, 0.717) is 29.4 Å². The van der Waals surface area contributed by atoms with Gasteiger partial charge in [-0.15, -0.1) is 0 Å². The number of rotatable bonds is 32. The van der Waals surface area contributed by atoms with Gasteiger partial charge in [0.1, 0.15) is 42.8 Å². The van der Waals surface area contributed by atoms with Gasteiger partial charge in [0.25, 0.3) is 0 Å². The van der Waals surface area contributed by atoms with Gasteiger partial charge in [-0.1, -0.05) is 300 Å². The van der Waals surface area contributed by atoms with Crippen LogP contribution in [0.15, 0.2) is 560 Å². The number of ether oxygens (including phenoxy) is 6. The second-order valence-corrected chi connectivity index (χ2v) is 31.9. The molecule has 18 rings (SSSR count). The van der Waals surface area contributed by atoms with Crippen molar-refractivity contribution in [2.75, 3.05) is 37.7 Å². The van der Waals surface area contributed by atoms with Crippen LogP contribution in [-0.2, 0) is 40.1 Å². The molecule has 0 N–H and O–H groups in total. The molecule has 143 heavy (non-hydrogen) atoms. The van der Waals surface area contributed by atoms with Gasteiger partial charge in [0.15, 0.2) is 0 Å². The molecule has 704 valence electrons. The van der Waals surface area contributed by atoms with Crippen molar-refractivity contribution >= 4 is 115 Å². The van der Waals surface area contributed by atoms with Gasteiger partial charge in [-0.25, -0.2) is 24.0 Å². The van der Waals surface area contributed by atoms with Crippen molar-refractivity contribution in [2.24, 2.45) is 0 Å². The molecule has 18 aromatic carbocycles. The fourth-order valence-electron chi connectivity index (χ4n) is 15.1. The highest BCUT2D eigenvalue weighted by atomic mass is 16.6. The molecule has 0 fully saturated rings. The molecule has 0 aromatic heterocycles. The fraction of sp³-hybridized carbons (Fsp3) is 0.0315. The van der Waals surface area contributed by atoms with Crippen LogP contribution in [0.2, 0.25) is 0 Å². The maximum atomic E-state index is 11.4. The van der Waals surface area contributed by atoms with Crippen molar-refractivity contribution < 1.29 is 52.4 Å². The lowest BCUT2D eigenvalue weighted by molar-refractivity contribution is -0.140. The zero-order valence-corrected chi connectivity index (χ0v) is 79.0. The van der Waals surface area contributed by atoms with Gasteiger partial charge in [-0.3, -0.25) is 0 Å². The second-order valence-electron chi connectivity index (χ2n) is 31.9. The molecular formula is C127H105N5O11. The van der Waals surface area contributed by atoms with E-state index in [1.54, 1.807) is 43.3 Å². The highest BCUT2D eigenvalue weighted by Crippen LogP contribution is 2.42. The van der Waals surface area contributed by atoms with Crippen LogP contribution in [0.25, 0.3) is 33.4 Å². The van der Waals surface area contributed by atoms with Gasteiger partial charge in [0.2, 0.25) is 0 Å². The van der Waals surface area contributed by atoms with Crippen LogP contribution in [0, 0.1) is 0 Å². The first-order valence-electron chi connectivity index (χ1n) is 46.3. The molecule has 16 heteroatoms. The van der Waals surface area contributed by atoms with Gasteiger partial charge in [-0.05, 0) is 276 Å². The topological polar surface area (TPSA) is 157 Å². The smallest absolute Gasteiger partial charge is 0.335 e. The Morgan fingerprint density at radius 1 is 0.210 bits per heavy atom. The summed E-state index contributed by atoms with van der Waals surface area (Å²) in [5, 5.41) is 0. The van der Waals surface area contributed by atoms with E-state index in [4.69, 9.17) is 28.4 Å². The third kappa shape index (κ3) is 29.0. The summed E-state index contributed by atoms with van der Waals surface area (Å²) in [5.41, 5.74) is 23.9. The van der Waals surface area contributed by atoms with Crippen molar-refractivity contribution in [3.8, 4) is 56.4 Å². The molecule has 0 radical (unpaired) electrons. The lowest BCUT2D eigenvalue weighted by Crippen LogP contribution is -2.12. The molecule has 0 saturated carbocycles. The number of anilines is 15. The van der Waals surface area contributed by atoms with Crippen LogP contribution in [0.3, 0.4) is 0 Å². The van der Waals surface area contributed by atoms with E-state index >= 15 is 0 Å². The van der Waals surface area contributed by atoms with E-state index in [9.17, 15) is 24.0 Å². The van der Waals surface area contributed by atoms with Crippen molar-refractivity contribution in [1.82, 2.24) is 0 Å². The van der Waals surface area contributed by atoms with Crippen LogP contribution in [0.5, 0.6) is 23.0 Å². The molecule has 16 nitrogen and oxygen atoms in total. The Morgan fingerprint density at radius 3 is 0.615 bits per heavy atom. The number of nitrogens with zero attached hydrogens (tertiary/aromatic N) is 5. The third-order valence-electron chi connectivity index (χ3n) is 22.0. The summed E-state index contributed by atoms with van der Waals surface area (Å²) < 4.78 is 31.3. The van der Waals surface area contributed by atoms with Crippen LogP contribution >= 0.6 is 0 Å². The molecule has 0 unspecified atom stereocenters. The molecule has 0 bridgehead atoms. The summed E-state index contributed by atoms with van der Waals surface area (Å²) in [7, 11) is 0. The number of esters is 5. The number of para-hydroxylation sites is 9. The zero-order valence-electron chi connectivity index (χ0n) is 79.0. The summed E-state index contributed by atoms with van der Waals surface area (Å²) in [5.74, 6) is -0.0230. The van der Waals surface area contributed by atoms with E-state index in [1.807, 2.05) is 267 Å². The van der Waals surface area contributed by atoms with Crippen molar-refractivity contribution in [3.63, 3.8) is 0 Å². The van der Waals surface area contributed by atoms with E-state index in [2.05, 4.69) is 252 Å². The number of carbonyl (C=O) groups excluding carboxylic acids is 5. The quantitative estimate of drug-likeness (QED) is 0.0170. The molecule has 18 aromatic rings. The van der Waals surface area contributed by atoms with Crippen LogP contribution in [0.1, 0.15) is 12.5 Å². The number of benzene rings is 18. The molecule has 0 amide bonds. The van der Waals surface area contributed by atoms with Gasteiger partial charge in [0.05, 0.1) is 0 Å². The fourth-order valence-corrected chi connectivity index (χ4v) is 15.1. The Kier molecular flexibility index (Phi) is 36.4. The summed E-state index contributed by atoms with van der Waals surface area (Å²) in [6, 6.07) is 166. The average Bonchev–Trinajstić information content (AvgIpc) is 0.820. The Balaban J connectivity index is 0.000000143. The number of hydrogen-bond donors (Lipinski definition) is 0. The van der Waals surface area contributed by atoms with Crippen LogP contribution in [0.4, 0.5) is 85.3 Å². The van der Waals surface area contributed by atoms with Crippen molar-refractivity contribution in [2.45, 2.75) is 13.5 Å². The number of carbonyl (C=O) groups is 5. The molecule has 0 heterocycles. The lowest BCUT2D eigenvalue weighted by Gasteiger charge is -2.25. The van der Waals surface area contributed by atoms with Crippen molar-refractivity contribution in [3.05, 3.63) is 566 Å². The minimum absolute atomic E-state index is 0.189. The largest absolute Gasteiger partial charge is 0.490 e. The van der Waals surface area contributed by atoms with E-state index in [-0.39, 0.29) is 13.2 Å². The summed E-state index contributed by atoms with van der Waals surface area (Å²) in [6.07, 6.45) is 4.62. The molecule has 0 spiro atoms.